The van der Waals surface area contributed by atoms with Crippen molar-refractivity contribution in [3.63, 3.8) is 0 Å². The second-order valence-electron chi connectivity index (χ2n) is 2.76. The van der Waals surface area contributed by atoms with Crippen molar-refractivity contribution < 1.29 is 4.42 Å². The molecule has 1 N–H and O–H groups in total. The Labute approximate surface area is 73.2 Å². The molecule has 0 aromatic carbocycles. The molecule has 3 nitrogen and oxygen atoms in total. The number of rotatable bonds is 5. The zero-order valence-electron chi connectivity index (χ0n) is 7.76. The molecule has 0 bridgehead atoms. The van der Waals surface area contributed by atoms with Crippen LogP contribution in [0.3, 0.4) is 0 Å². The second kappa shape index (κ2) is 4.80. The predicted octanol–water partition coefficient (Wildman–Crippen LogP) is 2.45. The average molecular weight is 168 g/mol. The first-order valence-electron chi connectivity index (χ1n) is 4.54. The van der Waals surface area contributed by atoms with Gasteiger partial charge in [-0.25, -0.2) is 4.98 Å². The number of oxazole rings is 1. The molecule has 1 rings (SSSR count). The van der Waals surface area contributed by atoms with Crippen LogP contribution in [0.2, 0.25) is 0 Å². The van der Waals surface area contributed by atoms with Crippen LogP contribution in [0.5, 0.6) is 0 Å². The van der Waals surface area contributed by atoms with E-state index in [9.17, 15) is 0 Å². The lowest BCUT2D eigenvalue weighted by atomic mass is 10.3. The monoisotopic (exact) mass is 168 g/mol. The largest absolute Gasteiger partial charge is 0.428 e. The fourth-order valence-corrected chi connectivity index (χ4v) is 1.04. The number of anilines is 1. The molecular formula is C9H16N2O. The van der Waals surface area contributed by atoms with Gasteiger partial charge in [0.2, 0.25) is 5.88 Å². The summed E-state index contributed by atoms with van der Waals surface area (Å²) in [5.41, 5.74) is 1.02. The van der Waals surface area contributed by atoms with Gasteiger partial charge in [-0.2, -0.15) is 0 Å². The van der Waals surface area contributed by atoms with E-state index in [1.807, 2.05) is 0 Å². The van der Waals surface area contributed by atoms with E-state index in [-0.39, 0.29) is 0 Å². The number of hydrogen-bond acceptors (Lipinski definition) is 3. The third-order valence-corrected chi connectivity index (χ3v) is 1.79. The molecule has 0 atom stereocenters. The SMILES string of the molecule is CCCCNc1ocnc1CC. The highest BCUT2D eigenvalue weighted by Crippen LogP contribution is 2.13. The standard InChI is InChI=1S/C9H16N2O/c1-3-5-6-10-9-8(4-2)11-7-12-9/h7,10H,3-6H2,1-2H3. The molecule has 0 spiro atoms. The molecule has 0 radical (unpaired) electrons. The number of nitrogens with one attached hydrogen (secondary N) is 1. The number of aromatic nitrogens is 1. The lowest BCUT2D eigenvalue weighted by Crippen LogP contribution is -2.01. The van der Waals surface area contributed by atoms with Crippen molar-refractivity contribution in [1.82, 2.24) is 4.98 Å². The highest BCUT2D eigenvalue weighted by atomic mass is 16.4. The molecule has 1 aromatic rings. The van der Waals surface area contributed by atoms with Gasteiger partial charge in [0.25, 0.3) is 0 Å². The van der Waals surface area contributed by atoms with Gasteiger partial charge in [0.1, 0.15) is 5.69 Å². The maximum absolute atomic E-state index is 5.18. The smallest absolute Gasteiger partial charge is 0.216 e. The fourth-order valence-electron chi connectivity index (χ4n) is 1.04. The Morgan fingerprint density at radius 2 is 2.33 bits per heavy atom. The number of hydrogen-bond donors (Lipinski definition) is 1. The lowest BCUT2D eigenvalue weighted by Gasteiger charge is -2.01. The normalized spacial score (nSPS) is 10.2. The van der Waals surface area contributed by atoms with Crippen molar-refractivity contribution >= 4 is 5.88 Å². The Morgan fingerprint density at radius 3 is 3.00 bits per heavy atom. The maximum Gasteiger partial charge on any atom is 0.216 e. The molecule has 0 amide bonds. The molecule has 12 heavy (non-hydrogen) atoms. The first-order chi connectivity index (χ1) is 5.88. The van der Waals surface area contributed by atoms with E-state index < -0.39 is 0 Å². The molecule has 0 saturated carbocycles. The van der Waals surface area contributed by atoms with Gasteiger partial charge < -0.3 is 9.73 Å². The highest BCUT2D eigenvalue weighted by Gasteiger charge is 2.03. The molecule has 0 aliphatic rings. The van der Waals surface area contributed by atoms with Crippen molar-refractivity contribution in [2.24, 2.45) is 0 Å². The van der Waals surface area contributed by atoms with Crippen molar-refractivity contribution in [3.8, 4) is 0 Å². The van der Waals surface area contributed by atoms with Crippen molar-refractivity contribution in [3.05, 3.63) is 12.1 Å². The Kier molecular flexibility index (Phi) is 3.64. The maximum atomic E-state index is 5.18. The van der Waals surface area contributed by atoms with Gasteiger partial charge in [-0.3, -0.25) is 0 Å². The van der Waals surface area contributed by atoms with Crippen LogP contribution in [0.15, 0.2) is 10.8 Å². The molecule has 3 heteroatoms. The summed E-state index contributed by atoms with van der Waals surface area (Å²) in [6, 6.07) is 0. The summed E-state index contributed by atoms with van der Waals surface area (Å²) in [4.78, 5) is 4.08. The van der Waals surface area contributed by atoms with Crippen LogP contribution in [-0.2, 0) is 6.42 Å². The zero-order chi connectivity index (χ0) is 8.81. The van der Waals surface area contributed by atoms with Gasteiger partial charge in [-0.1, -0.05) is 20.3 Å². The van der Waals surface area contributed by atoms with Gasteiger partial charge in [0.15, 0.2) is 6.39 Å². The van der Waals surface area contributed by atoms with Gasteiger partial charge in [0.05, 0.1) is 0 Å². The van der Waals surface area contributed by atoms with Crippen LogP contribution in [-0.4, -0.2) is 11.5 Å². The summed E-state index contributed by atoms with van der Waals surface area (Å²) >= 11 is 0. The quantitative estimate of drug-likeness (QED) is 0.686. The van der Waals surface area contributed by atoms with Crippen LogP contribution < -0.4 is 5.32 Å². The van der Waals surface area contributed by atoms with Crippen LogP contribution in [0.25, 0.3) is 0 Å². The molecule has 0 saturated heterocycles. The van der Waals surface area contributed by atoms with E-state index in [0.717, 1.165) is 24.5 Å². The Hall–Kier alpha value is -0.990. The fraction of sp³-hybridized carbons (Fsp3) is 0.667. The number of nitrogens with zero attached hydrogens (tertiary/aromatic N) is 1. The summed E-state index contributed by atoms with van der Waals surface area (Å²) in [7, 11) is 0. The average Bonchev–Trinajstić information content (AvgIpc) is 2.52. The van der Waals surface area contributed by atoms with Crippen molar-refractivity contribution in [1.29, 1.82) is 0 Å². The van der Waals surface area contributed by atoms with Gasteiger partial charge in [0, 0.05) is 6.54 Å². The molecule has 1 aromatic heterocycles. The summed E-state index contributed by atoms with van der Waals surface area (Å²) in [5, 5.41) is 3.22. The first-order valence-corrected chi connectivity index (χ1v) is 4.54. The molecule has 0 unspecified atom stereocenters. The summed E-state index contributed by atoms with van der Waals surface area (Å²) < 4.78 is 5.18. The van der Waals surface area contributed by atoms with Crippen LogP contribution in [0.4, 0.5) is 5.88 Å². The first kappa shape index (κ1) is 9.10. The number of aryl methyl sites for hydroxylation is 1. The van der Waals surface area contributed by atoms with E-state index in [1.165, 1.54) is 19.2 Å². The van der Waals surface area contributed by atoms with Crippen LogP contribution in [0, 0.1) is 0 Å². The van der Waals surface area contributed by atoms with E-state index in [2.05, 4.69) is 24.1 Å². The molecule has 0 fully saturated rings. The van der Waals surface area contributed by atoms with Crippen LogP contribution in [0.1, 0.15) is 32.4 Å². The molecule has 0 aliphatic carbocycles. The van der Waals surface area contributed by atoms with Gasteiger partial charge >= 0.3 is 0 Å². The predicted molar refractivity (Wildman–Crippen MR) is 49.3 cm³/mol. The third kappa shape index (κ3) is 2.26. The number of unbranched alkanes of at least 4 members (excludes halogenated alkanes) is 1. The minimum Gasteiger partial charge on any atom is -0.428 e. The topological polar surface area (TPSA) is 38.1 Å². The minimum atomic E-state index is 0.839. The summed E-state index contributed by atoms with van der Waals surface area (Å²) in [5.74, 6) is 0.839. The Bertz CT molecular complexity index is 220. The highest BCUT2D eigenvalue weighted by molar-refractivity contribution is 5.35. The van der Waals surface area contributed by atoms with Crippen LogP contribution >= 0.6 is 0 Å². The third-order valence-electron chi connectivity index (χ3n) is 1.79. The molecule has 1 heterocycles. The Morgan fingerprint density at radius 1 is 1.50 bits per heavy atom. The Balaban J connectivity index is 2.39. The van der Waals surface area contributed by atoms with E-state index in [0.29, 0.717) is 0 Å². The van der Waals surface area contributed by atoms with Gasteiger partial charge in [-0.05, 0) is 12.8 Å². The molecule has 0 aliphatic heterocycles. The molecular weight excluding hydrogens is 152 g/mol. The molecule has 68 valence electrons. The van der Waals surface area contributed by atoms with E-state index >= 15 is 0 Å². The summed E-state index contributed by atoms with van der Waals surface area (Å²) in [6.07, 6.45) is 4.78. The minimum absolute atomic E-state index is 0.839. The summed E-state index contributed by atoms with van der Waals surface area (Å²) in [6.45, 7) is 5.21. The van der Waals surface area contributed by atoms with E-state index in [4.69, 9.17) is 4.42 Å². The second-order valence-corrected chi connectivity index (χ2v) is 2.76. The van der Waals surface area contributed by atoms with Gasteiger partial charge in [-0.15, -0.1) is 0 Å². The van der Waals surface area contributed by atoms with Crippen molar-refractivity contribution in [2.45, 2.75) is 33.1 Å². The van der Waals surface area contributed by atoms with Crippen molar-refractivity contribution in [2.75, 3.05) is 11.9 Å². The van der Waals surface area contributed by atoms with E-state index in [1.54, 1.807) is 0 Å². The lowest BCUT2D eigenvalue weighted by molar-refractivity contribution is 0.566. The zero-order valence-corrected chi connectivity index (χ0v) is 7.76.